The lowest BCUT2D eigenvalue weighted by Gasteiger charge is -2.32. The minimum absolute atomic E-state index is 0.0411. The molecular weight excluding hydrogens is 368 g/mol. The van der Waals surface area contributed by atoms with Crippen LogP contribution in [0.3, 0.4) is 0 Å². The van der Waals surface area contributed by atoms with Gasteiger partial charge >= 0.3 is 0 Å². The van der Waals surface area contributed by atoms with Crippen LogP contribution in [0, 0.1) is 6.92 Å². The summed E-state index contributed by atoms with van der Waals surface area (Å²) in [5.41, 5.74) is 8.89. The maximum absolute atomic E-state index is 13.0. The number of amides is 2. The van der Waals surface area contributed by atoms with Gasteiger partial charge in [0.15, 0.2) is 0 Å². The van der Waals surface area contributed by atoms with Crippen molar-refractivity contribution in [3.63, 3.8) is 0 Å². The van der Waals surface area contributed by atoms with Gasteiger partial charge in [-0.3, -0.25) is 14.6 Å². The predicted molar refractivity (Wildman–Crippen MR) is 109 cm³/mol. The van der Waals surface area contributed by atoms with Gasteiger partial charge in [0.1, 0.15) is 11.3 Å². The number of nitrogens with two attached hydrogens (primary N) is 1. The molecular formula is C22H24N4O3. The van der Waals surface area contributed by atoms with Crippen LogP contribution in [0.1, 0.15) is 63.5 Å². The molecule has 1 fully saturated rings. The van der Waals surface area contributed by atoms with E-state index in [9.17, 15) is 9.59 Å². The number of para-hydroxylation sites is 1. The van der Waals surface area contributed by atoms with Crippen LogP contribution in [-0.2, 0) is 6.42 Å². The minimum atomic E-state index is -0.468. The van der Waals surface area contributed by atoms with E-state index in [0.717, 1.165) is 29.4 Å². The number of aromatic nitrogens is 2. The van der Waals surface area contributed by atoms with Crippen molar-refractivity contribution in [3.8, 4) is 0 Å². The highest BCUT2D eigenvalue weighted by Crippen LogP contribution is 2.32. The Labute approximate surface area is 168 Å². The van der Waals surface area contributed by atoms with Crippen LogP contribution < -0.4 is 5.73 Å². The van der Waals surface area contributed by atoms with Crippen LogP contribution in [0.5, 0.6) is 0 Å². The van der Waals surface area contributed by atoms with Crippen molar-refractivity contribution in [1.29, 1.82) is 0 Å². The van der Waals surface area contributed by atoms with Crippen molar-refractivity contribution in [2.45, 2.75) is 39.0 Å². The van der Waals surface area contributed by atoms with Gasteiger partial charge in [0.25, 0.3) is 11.8 Å². The van der Waals surface area contributed by atoms with Gasteiger partial charge in [0, 0.05) is 30.8 Å². The number of rotatable bonds is 4. The van der Waals surface area contributed by atoms with Gasteiger partial charge in [-0.15, -0.1) is 0 Å². The Bertz CT molecular complexity index is 1080. The SMILES string of the molecule is CCc1onc(C)c1C(=O)N1CCC(c2nc3ccccc3cc2C(N)=O)CC1. The number of fused-ring (bicyclic) bond motifs is 1. The molecule has 2 N–H and O–H groups in total. The Hall–Kier alpha value is -3.22. The monoisotopic (exact) mass is 392 g/mol. The number of hydrogen-bond acceptors (Lipinski definition) is 5. The van der Waals surface area contributed by atoms with Crippen molar-refractivity contribution < 1.29 is 14.1 Å². The molecule has 1 saturated heterocycles. The molecule has 0 bridgehead atoms. The van der Waals surface area contributed by atoms with Crippen molar-refractivity contribution in [2.24, 2.45) is 5.73 Å². The van der Waals surface area contributed by atoms with Crippen LogP contribution in [-0.4, -0.2) is 39.9 Å². The molecule has 0 spiro atoms. The second-order valence-corrected chi connectivity index (χ2v) is 7.46. The van der Waals surface area contributed by atoms with Gasteiger partial charge in [-0.05, 0) is 31.9 Å². The molecule has 0 aliphatic carbocycles. The van der Waals surface area contributed by atoms with E-state index < -0.39 is 5.91 Å². The van der Waals surface area contributed by atoms with Crippen molar-refractivity contribution in [3.05, 3.63) is 58.6 Å². The van der Waals surface area contributed by atoms with Gasteiger partial charge in [-0.2, -0.15) is 0 Å². The number of likely N-dealkylation sites (tertiary alicyclic amines) is 1. The summed E-state index contributed by atoms with van der Waals surface area (Å²) in [7, 11) is 0. The summed E-state index contributed by atoms with van der Waals surface area (Å²) in [4.78, 5) is 31.6. The molecule has 4 rings (SSSR count). The van der Waals surface area contributed by atoms with Crippen LogP contribution in [0.4, 0.5) is 0 Å². The fourth-order valence-electron chi connectivity index (χ4n) is 4.09. The van der Waals surface area contributed by atoms with Gasteiger partial charge in [0.05, 0.1) is 22.5 Å². The first-order valence-electron chi connectivity index (χ1n) is 9.93. The third kappa shape index (κ3) is 3.48. The van der Waals surface area contributed by atoms with E-state index in [0.29, 0.717) is 42.1 Å². The molecule has 3 heterocycles. The van der Waals surface area contributed by atoms with Crippen LogP contribution in [0.25, 0.3) is 10.9 Å². The van der Waals surface area contributed by atoms with E-state index in [1.165, 1.54) is 0 Å². The molecule has 7 nitrogen and oxygen atoms in total. The van der Waals surface area contributed by atoms with E-state index in [1.807, 2.05) is 42.2 Å². The minimum Gasteiger partial charge on any atom is -0.366 e. The Kier molecular flexibility index (Phi) is 5.05. The summed E-state index contributed by atoms with van der Waals surface area (Å²) in [5, 5.41) is 4.84. The van der Waals surface area contributed by atoms with Crippen molar-refractivity contribution in [2.75, 3.05) is 13.1 Å². The largest absolute Gasteiger partial charge is 0.366 e. The van der Waals surface area contributed by atoms with E-state index >= 15 is 0 Å². The van der Waals surface area contributed by atoms with Gasteiger partial charge < -0.3 is 15.2 Å². The first-order valence-corrected chi connectivity index (χ1v) is 9.93. The van der Waals surface area contributed by atoms with E-state index in [-0.39, 0.29) is 11.8 Å². The summed E-state index contributed by atoms with van der Waals surface area (Å²) in [5.74, 6) is 0.201. The van der Waals surface area contributed by atoms with Gasteiger partial charge in [-0.25, -0.2) is 0 Å². The number of primary amides is 1. The highest BCUT2D eigenvalue weighted by molar-refractivity contribution is 5.98. The molecule has 0 saturated carbocycles. The maximum Gasteiger partial charge on any atom is 0.259 e. The zero-order valence-electron chi connectivity index (χ0n) is 16.6. The highest BCUT2D eigenvalue weighted by atomic mass is 16.5. The maximum atomic E-state index is 13.0. The third-order valence-corrected chi connectivity index (χ3v) is 5.66. The summed E-state index contributed by atoms with van der Waals surface area (Å²) in [6.45, 7) is 4.91. The molecule has 1 aromatic carbocycles. The summed E-state index contributed by atoms with van der Waals surface area (Å²) < 4.78 is 5.27. The lowest BCUT2D eigenvalue weighted by atomic mass is 9.89. The average molecular weight is 392 g/mol. The van der Waals surface area contributed by atoms with Gasteiger partial charge in [-0.1, -0.05) is 30.3 Å². The zero-order valence-corrected chi connectivity index (χ0v) is 16.6. The summed E-state index contributed by atoms with van der Waals surface area (Å²) >= 11 is 0. The second-order valence-electron chi connectivity index (χ2n) is 7.46. The standard InChI is InChI=1S/C22H24N4O3/c1-3-18-19(13(2)25-29-18)22(28)26-10-8-14(9-11-26)20-16(21(23)27)12-15-6-4-5-7-17(15)24-20/h4-7,12,14H,3,8-11H2,1-2H3,(H2,23,27). The lowest BCUT2D eigenvalue weighted by Crippen LogP contribution is -2.39. The average Bonchev–Trinajstić information content (AvgIpc) is 3.12. The molecule has 3 aromatic rings. The first-order chi connectivity index (χ1) is 14.0. The molecule has 1 aliphatic heterocycles. The van der Waals surface area contributed by atoms with Crippen molar-refractivity contribution in [1.82, 2.24) is 15.0 Å². The third-order valence-electron chi connectivity index (χ3n) is 5.66. The number of hydrogen-bond donors (Lipinski definition) is 1. The predicted octanol–water partition coefficient (Wildman–Crippen LogP) is 3.21. The molecule has 7 heteroatoms. The second kappa shape index (κ2) is 7.66. The summed E-state index contributed by atoms with van der Waals surface area (Å²) in [6, 6.07) is 9.52. The Morgan fingerprint density at radius 3 is 2.66 bits per heavy atom. The fraction of sp³-hybridized carbons (Fsp3) is 0.364. The molecule has 0 atom stereocenters. The molecule has 1 aliphatic rings. The quantitative estimate of drug-likeness (QED) is 0.734. The molecule has 0 unspecified atom stereocenters. The summed E-state index contributed by atoms with van der Waals surface area (Å²) in [6.07, 6.45) is 2.08. The van der Waals surface area contributed by atoms with Gasteiger partial charge in [0.2, 0.25) is 0 Å². The van der Waals surface area contributed by atoms with E-state index in [4.69, 9.17) is 15.2 Å². The first kappa shape index (κ1) is 19.1. The number of benzene rings is 1. The number of carbonyl (C=O) groups is 2. The van der Waals surface area contributed by atoms with Crippen LogP contribution >= 0.6 is 0 Å². The number of aryl methyl sites for hydroxylation is 2. The van der Waals surface area contributed by atoms with E-state index in [2.05, 4.69) is 5.16 Å². The fourth-order valence-corrected chi connectivity index (χ4v) is 4.09. The Morgan fingerprint density at radius 2 is 1.97 bits per heavy atom. The number of pyridine rings is 1. The smallest absolute Gasteiger partial charge is 0.259 e. The number of nitrogens with zero attached hydrogens (tertiary/aromatic N) is 3. The zero-order chi connectivity index (χ0) is 20.5. The lowest BCUT2D eigenvalue weighted by molar-refractivity contribution is 0.0708. The van der Waals surface area contributed by atoms with E-state index in [1.54, 1.807) is 6.92 Å². The van der Waals surface area contributed by atoms with Crippen LogP contribution in [0.2, 0.25) is 0 Å². The molecule has 29 heavy (non-hydrogen) atoms. The molecule has 2 amide bonds. The number of carbonyl (C=O) groups excluding carboxylic acids is 2. The molecule has 0 radical (unpaired) electrons. The number of piperidine rings is 1. The molecule has 150 valence electrons. The topological polar surface area (TPSA) is 102 Å². The normalized spacial score (nSPS) is 15.0. The highest BCUT2D eigenvalue weighted by Gasteiger charge is 2.30. The van der Waals surface area contributed by atoms with Crippen molar-refractivity contribution >= 4 is 22.7 Å². The molecule has 2 aromatic heterocycles. The Balaban J connectivity index is 1.57. The van der Waals surface area contributed by atoms with Crippen LogP contribution in [0.15, 0.2) is 34.9 Å². The Morgan fingerprint density at radius 1 is 1.24 bits per heavy atom.